The lowest BCUT2D eigenvalue weighted by Gasteiger charge is -2.34. The fraction of sp³-hybridized carbons (Fsp3) is 0.278. The molecule has 11 heteroatoms. The molecule has 1 atom stereocenters. The van der Waals surface area contributed by atoms with Crippen molar-refractivity contribution in [3.8, 4) is 17.2 Å². The highest BCUT2D eigenvalue weighted by molar-refractivity contribution is 7.92. The van der Waals surface area contributed by atoms with Crippen LogP contribution in [0.5, 0.6) is 17.2 Å². The summed E-state index contributed by atoms with van der Waals surface area (Å²) in [5.41, 5.74) is 2.86. The summed E-state index contributed by atoms with van der Waals surface area (Å²) < 4.78 is 46.1. The van der Waals surface area contributed by atoms with E-state index >= 15 is 0 Å². The maximum Gasteiger partial charge on any atom is 0.264 e. The Labute approximate surface area is 276 Å². The van der Waals surface area contributed by atoms with E-state index in [0.29, 0.717) is 18.1 Å². The van der Waals surface area contributed by atoms with Gasteiger partial charge in [-0.05, 0) is 66.9 Å². The third kappa shape index (κ3) is 8.42. The van der Waals surface area contributed by atoms with Gasteiger partial charge in [0, 0.05) is 26.1 Å². The molecule has 0 unspecified atom stereocenters. The first-order chi connectivity index (χ1) is 22.6. The normalized spacial score (nSPS) is 11.7. The summed E-state index contributed by atoms with van der Waals surface area (Å²) in [4.78, 5) is 29.4. The second-order valence-electron chi connectivity index (χ2n) is 10.7. The zero-order valence-corrected chi connectivity index (χ0v) is 28.1. The van der Waals surface area contributed by atoms with Gasteiger partial charge in [-0.25, -0.2) is 8.42 Å². The molecule has 0 aliphatic carbocycles. The van der Waals surface area contributed by atoms with Crippen LogP contribution in [-0.2, 0) is 32.6 Å². The maximum absolute atomic E-state index is 14.5. The molecule has 0 saturated carbocycles. The van der Waals surface area contributed by atoms with Gasteiger partial charge in [0.15, 0.2) is 11.5 Å². The van der Waals surface area contributed by atoms with Crippen molar-refractivity contribution < 1.29 is 32.2 Å². The van der Waals surface area contributed by atoms with Crippen LogP contribution >= 0.6 is 0 Å². The smallest absolute Gasteiger partial charge is 0.264 e. The van der Waals surface area contributed by atoms with Crippen LogP contribution in [0.2, 0.25) is 0 Å². The average molecular weight is 660 g/mol. The molecule has 4 rings (SSSR count). The first kappa shape index (κ1) is 34.8. The van der Waals surface area contributed by atoms with Crippen molar-refractivity contribution in [2.24, 2.45) is 0 Å². The van der Waals surface area contributed by atoms with E-state index in [2.05, 4.69) is 5.32 Å². The van der Waals surface area contributed by atoms with Gasteiger partial charge < -0.3 is 24.4 Å². The minimum Gasteiger partial charge on any atom is -0.494 e. The summed E-state index contributed by atoms with van der Waals surface area (Å²) in [7, 11) is 0.0409. The van der Waals surface area contributed by atoms with Gasteiger partial charge in [0.2, 0.25) is 11.8 Å². The molecule has 0 aliphatic heterocycles. The van der Waals surface area contributed by atoms with Gasteiger partial charge in [-0.2, -0.15) is 0 Å². The van der Waals surface area contributed by atoms with Crippen molar-refractivity contribution in [1.82, 2.24) is 10.2 Å². The molecule has 47 heavy (non-hydrogen) atoms. The number of rotatable bonds is 15. The van der Waals surface area contributed by atoms with Crippen LogP contribution < -0.4 is 23.8 Å². The van der Waals surface area contributed by atoms with E-state index in [1.165, 1.54) is 44.4 Å². The lowest BCUT2D eigenvalue weighted by molar-refractivity contribution is -0.139. The van der Waals surface area contributed by atoms with E-state index in [4.69, 9.17) is 14.2 Å². The molecule has 0 bridgehead atoms. The highest BCUT2D eigenvalue weighted by Crippen LogP contribution is 2.33. The standard InChI is InChI=1S/C36H41N3O7S/c1-6-46-30-18-16-29(17-19-30)39(47(42,43)31-20-21-33(44-4)34(23-31)45-5)25-35(40)38(24-28-15-11-10-12-26(28)2)32(36(41)37-3)22-27-13-8-7-9-14-27/h7-21,23,32H,6,22,24-25H2,1-5H3,(H,37,41)/t32-/m0/s1. The Morgan fingerprint density at radius 1 is 0.851 bits per heavy atom. The van der Waals surface area contributed by atoms with E-state index in [-0.39, 0.29) is 35.2 Å². The molecule has 248 valence electrons. The van der Waals surface area contributed by atoms with Gasteiger partial charge in [0.25, 0.3) is 10.0 Å². The molecule has 0 radical (unpaired) electrons. The van der Waals surface area contributed by atoms with E-state index in [9.17, 15) is 18.0 Å². The van der Waals surface area contributed by atoms with Crippen molar-refractivity contribution >= 4 is 27.5 Å². The Morgan fingerprint density at radius 3 is 2.13 bits per heavy atom. The van der Waals surface area contributed by atoms with Crippen molar-refractivity contribution in [2.45, 2.75) is 37.8 Å². The Hall–Kier alpha value is -5.03. The molecule has 10 nitrogen and oxygen atoms in total. The number of nitrogens with zero attached hydrogens (tertiary/aromatic N) is 2. The van der Waals surface area contributed by atoms with Crippen LogP contribution in [0.3, 0.4) is 0 Å². The minimum atomic E-state index is -4.35. The van der Waals surface area contributed by atoms with Crippen molar-refractivity contribution in [1.29, 1.82) is 0 Å². The number of aryl methyl sites for hydroxylation is 1. The quantitative estimate of drug-likeness (QED) is 0.191. The first-order valence-corrected chi connectivity index (χ1v) is 16.6. The number of likely N-dealkylation sites (N-methyl/N-ethyl adjacent to an activating group) is 1. The lowest BCUT2D eigenvalue weighted by Crippen LogP contribution is -2.53. The zero-order valence-electron chi connectivity index (χ0n) is 27.3. The Balaban J connectivity index is 1.82. The van der Waals surface area contributed by atoms with Crippen molar-refractivity contribution in [2.75, 3.05) is 38.7 Å². The van der Waals surface area contributed by atoms with Crippen molar-refractivity contribution in [3.63, 3.8) is 0 Å². The SMILES string of the molecule is CCOc1ccc(N(CC(=O)N(Cc2ccccc2C)[C@@H](Cc2ccccc2)C(=O)NC)S(=O)(=O)c2ccc(OC)c(OC)c2)cc1. The number of amides is 2. The highest BCUT2D eigenvalue weighted by Gasteiger charge is 2.35. The van der Waals surface area contributed by atoms with Crippen molar-refractivity contribution in [3.05, 3.63) is 114 Å². The topological polar surface area (TPSA) is 114 Å². The number of nitrogens with one attached hydrogen (secondary N) is 1. The summed E-state index contributed by atoms with van der Waals surface area (Å²) in [6.45, 7) is 3.71. The van der Waals surface area contributed by atoms with Crippen LogP contribution in [-0.4, -0.2) is 65.6 Å². The summed E-state index contributed by atoms with van der Waals surface area (Å²) in [6.07, 6.45) is 0.226. The van der Waals surface area contributed by atoms with E-state index in [0.717, 1.165) is 21.0 Å². The zero-order chi connectivity index (χ0) is 34.0. The Bertz CT molecular complexity index is 1760. The molecular formula is C36H41N3O7S. The molecule has 1 N–H and O–H groups in total. The number of carbonyl (C=O) groups excluding carboxylic acids is 2. The molecule has 0 saturated heterocycles. The average Bonchev–Trinajstić information content (AvgIpc) is 3.09. The summed E-state index contributed by atoms with van der Waals surface area (Å²) in [5, 5.41) is 2.70. The number of sulfonamides is 1. The molecule has 0 spiro atoms. The molecular weight excluding hydrogens is 618 g/mol. The Morgan fingerprint density at radius 2 is 1.51 bits per heavy atom. The second kappa shape index (κ2) is 16.0. The monoisotopic (exact) mass is 659 g/mol. The molecule has 2 amide bonds. The molecule has 0 heterocycles. The van der Waals surface area contributed by atoms with Crippen LogP contribution in [0.25, 0.3) is 0 Å². The van der Waals surface area contributed by atoms with Gasteiger partial charge in [0.1, 0.15) is 18.3 Å². The fourth-order valence-corrected chi connectivity index (χ4v) is 6.63. The predicted octanol–water partition coefficient (Wildman–Crippen LogP) is 4.99. The molecule has 4 aromatic rings. The molecule has 0 fully saturated rings. The number of carbonyl (C=O) groups is 2. The third-order valence-corrected chi connectivity index (χ3v) is 9.55. The maximum atomic E-state index is 14.5. The van der Waals surface area contributed by atoms with Crippen LogP contribution in [0.1, 0.15) is 23.6 Å². The Kier molecular flexibility index (Phi) is 11.9. The second-order valence-corrected chi connectivity index (χ2v) is 12.6. The number of anilines is 1. The van der Waals surface area contributed by atoms with E-state index in [1.807, 2.05) is 68.4 Å². The van der Waals surface area contributed by atoms with Gasteiger partial charge in [-0.1, -0.05) is 54.6 Å². The van der Waals surface area contributed by atoms with Gasteiger partial charge >= 0.3 is 0 Å². The number of hydrogen-bond donors (Lipinski definition) is 1. The fourth-order valence-electron chi connectivity index (χ4n) is 5.20. The third-order valence-electron chi connectivity index (χ3n) is 7.78. The highest BCUT2D eigenvalue weighted by atomic mass is 32.2. The van der Waals surface area contributed by atoms with Crippen LogP contribution in [0, 0.1) is 6.92 Å². The number of methoxy groups -OCH3 is 2. The van der Waals surface area contributed by atoms with Crippen LogP contribution in [0.4, 0.5) is 5.69 Å². The number of ether oxygens (including phenoxy) is 3. The largest absolute Gasteiger partial charge is 0.494 e. The minimum absolute atomic E-state index is 0.0873. The van der Waals surface area contributed by atoms with Crippen LogP contribution in [0.15, 0.2) is 102 Å². The van der Waals surface area contributed by atoms with E-state index < -0.39 is 28.5 Å². The molecule has 4 aromatic carbocycles. The summed E-state index contributed by atoms with van der Waals surface area (Å²) in [5.74, 6) is 0.195. The first-order valence-electron chi connectivity index (χ1n) is 15.2. The van der Waals surface area contributed by atoms with E-state index in [1.54, 1.807) is 24.3 Å². The molecule has 0 aliphatic rings. The summed E-state index contributed by atoms with van der Waals surface area (Å²) >= 11 is 0. The predicted molar refractivity (Wildman–Crippen MR) is 181 cm³/mol. The summed E-state index contributed by atoms with van der Waals surface area (Å²) in [6, 6.07) is 26.8. The number of hydrogen-bond acceptors (Lipinski definition) is 7. The lowest BCUT2D eigenvalue weighted by atomic mass is 10.0. The van der Waals surface area contributed by atoms with Gasteiger partial charge in [-0.15, -0.1) is 0 Å². The van der Waals surface area contributed by atoms with Gasteiger partial charge in [0.05, 0.1) is 31.4 Å². The molecule has 0 aromatic heterocycles. The number of benzene rings is 4. The van der Waals surface area contributed by atoms with Gasteiger partial charge in [-0.3, -0.25) is 13.9 Å².